The first-order chi connectivity index (χ1) is 13.1. The zero-order valence-electron chi connectivity index (χ0n) is 15.6. The van der Waals surface area contributed by atoms with E-state index in [1.807, 2.05) is 36.5 Å². The van der Waals surface area contributed by atoms with Gasteiger partial charge in [0.25, 0.3) is 0 Å². The van der Waals surface area contributed by atoms with E-state index in [2.05, 4.69) is 10.3 Å². The second-order valence-corrected chi connectivity index (χ2v) is 6.69. The molecule has 0 radical (unpaired) electrons. The van der Waals surface area contributed by atoms with Gasteiger partial charge in [0.1, 0.15) is 5.69 Å². The molecule has 2 heterocycles. The van der Waals surface area contributed by atoms with Gasteiger partial charge in [-0.2, -0.15) is 0 Å². The lowest BCUT2D eigenvalue weighted by molar-refractivity contribution is -0.163. The molecule has 2 N–H and O–H groups in total. The molecule has 1 aromatic carbocycles. The minimum absolute atomic E-state index is 0.0819. The van der Waals surface area contributed by atoms with Crippen molar-refractivity contribution in [2.45, 2.75) is 45.4 Å². The Morgan fingerprint density at radius 3 is 2.89 bits per heavy atom. The molecule has 144 valence electrons. The van der Waals surface area contributed by atoms with Gasteiger partial charge in [-0.05, 0) is 38.2 Å². The summed E-state index contributed by atoms with van der Waals surface area (Å²) in [6.45, 7) is 3.70. The van der Waals surface area contributed by atoms with Gasteiger partial charge >= 0.3 is 0 Å². The van der Waals surface area contributed by atoms with E-state index in [1.54, 1.807) is 11.6 Å². The molecule has 1 aromatic heterocycles. The summed E-state index contributed by atoms with van der Waals surface area (Å²) in [6.07, 6.45) is 7.58. The van der Waals surface area contributed by atoms with Crippen LogP contribution in [0.4, 0.5) is 0 Å². The third-order valence-corrected chi connectivity index (χ3v) is 4.58. The summed E-state index contributed by atoms with van der Waals surface area (Å²) in [5.41, 5.74) is 8.73. The van der Waals surface area contributed by atoms with Crippen LogP contribution < -0.4 is 5.73 Å². The first-order valence-corrected chi connectivity index (χ1v) is 9.31. The second-order valence-electron chi connectivity index (χ2n) is 6.69. The van der Waals surface area contributed by atoms with Crippen molar-refractivity contribution in [3.63, 3.8) is 0 Å². The Bertz CT molecular complexity index is 777. The fourth-order valence-electron chi connectivity index (χ4n) is 2.84. The van der Waals surface area contributed by atoms with Gasteiger partial charge < -0.3 is 15.2 Å². The van der Waals surface area contributed by atoms with Crippen molar-refractivity contribution in [1.29, 1.82) is 0 Å². The maximum atomic E-state index is 11.0. The van der Waals surface area contributed by atoms with Crippen molar-refractivity contribution < 1.29 is 14.3 Å². The number of carbonyl (C=O) groups excluding carboxylic acids is 1. The lowest BCUT2D eigenvalue weighted by atomic mass is 10.1. The minimum Gasteiger partial charge on any atom is -0.366 e. The van der Waals surface area contributed by atoms with Crippen LogP contribution in [0.3, 0.4) is 0 Å². The van der Waals surface area contributed by atoms with E-state index in [1.165, 1.54) is 0 Å². The van der Waals surface area contributed by atoms with E-state index >= 15 is 0 Å². The van der Waals surface area contributed by atoms with Crippen LogP contribution in [0.5, 0.6) is 0 Å². The largest absolute Gasteiger partial charge is 0.366 e. The van der Waals surface area contributed by atoms with Crippen LogP contribution in [0.1, 0.15) is 31.7 Å². The summed E-state index contributed by atoms with van der Waals surface area (Å²) >= 11 is 0. The average Bonchev–Trinajstić information content (AvgIpc) is 3.16. The predicted molar refractivity (Wildman–Crippen MR) is 102 cm³/mol. The molecule has 27 heavy (non-hydrogen) atoms. The standard InChI is InChI=1S/C20H26N4O3/c1-15(20(21)25)5-6-16-7-9-17(10-8-16)18-14-24(23-22-18)11-13-27-19-4-2-3-12-26-19/h5,7-10,14,19H,2-4,6,11-13H2,1H3,(H2,21,25). The average molecular weight is 370 g/mol. The molecule has 1 fully saturated rings. The highest BCUT2D eigenvalue weighted by molar-refractivity contribution is 5.91. The number of aromatic nitrogens is 3. The van der Waals surface area contributed by atoms with Crippen molar-refractivity contribution in [1.82, 2.24) is 15.0 Å². The molecule has 0 aliphatic carbocycles. The minimum atomic E-state index is -0.387. The lowest BCUT2D eigenvalue weighted by Gasteiger charge is -2.22. The summed E-state index contributed by atoms with van der Waals surface area (Å²) in [4.78, 5) is 11.0. The first-order valence-electron chi connectivity index (χ1n) is 9.31. The molecule has 7 nitrogen and oxygen atoms in total. The highest BCUT2D eigenvalue weighted by atomic mass is 16.7. The van der Waals surface area contributed by atoms with Gasteiger partial charge in [-0.3, -0.25) is 4.79 Å². The number of carbonyl (C=O) groups is 1. The summed E-state index contributed by atoms with van der Waals surface area (Å²) in [5, 5.41) is 8.39. The SMILES string of the molecule is CC(=CCc1ccc(-c2cn(CCOC3CCCCO3)nn2)cc1)C(N)=O. The van der Waals surface area contributed by atoms with Crippen molar-refractivity contribution in [2.24, 2.45) is 5.73 Å². The quantitative estimate of drug-likeness (QED) is 0.721. The number of amides is 1. The number of allylic oxidation sites excluding steroid dienone is 1. The Labute approximate surface area is 159 Å². The molecular weight excluding hydrogens is 344 g/mol. The molecule has 1 saturated heterocycles. The fraction of sp³-hybridized carbons (Fsp3) is 0.450. The molecule has 1 atom stereocenters. The fourth-order valence-corrected chi connectivity index (χ4v) is 2.84. The number of rotatable bonds is 8. The molecule has 3 rings (SSSR count). The molecule has 1 aliphatic heterocycles. The Morgan fingerprint density at radius 2 is 2.19 bits per heavy atom. The van der Waals surface area contributed by atoms with Gasteiger partial charge in [0.2, 0.25) is 5.91 Å². The van der Waals surface area contributed by atoms with Crippen molar-refractivity contribution >= 4 is 5.91 Å². The van der Waals surface area contributed by atoms with E-state index in [-0.39, 0.29) is 12.2 Å². The third-order valence-electron chi connectivity index (χ3n) is 4.58. The van der Waals surface area contributed by atoms with Gasteiger partial charge in [-0.15, -0.1) is 5.10 Å². The lowest BCUT2D eigenvalue weighted by Crippen LogP contribution is -2.24. The number of hydrogen-bond acceptors (Lipinski definition) is 5. The smallest absolute Gasteiger partial charge is 0.244 e. The number of benzene rings is 1. The first kappa shape index (κ1) is 19.3. The highest BCUT2D eigenvalue weighted by Gasteiger charge is 2.13. The number of nitrogens with two attached hydrogens (primary N) is 1. The molecule has 1 aliphatic rings. The summed E-state index contributed by atoms with van der Waals surface area (Å²) in [6, 6.07) is 8.04. The summed E-state index contributed by atoms with van der Waals surface area (Å²) in [7, 11) is 0. The Balaban J connectivity index is 1.51. The van der Waals surface area contributed by atoms with Crippen LogP contribution in [0, 0.1) is 0 Å². The Morgan fingerprint density at radius 1 is 1.37 bits per heavy atom. The van der Waals surface area contributed by atoms with Crippen molar-refractivity contribution in [3.8, 4) is 11.3 Å². The molecule has 1 amide bonds. The maximum absolute atomic E-state index is 11.0. The van der Waals surface area contributed by atoms with E-state index in [9.17, 15) is 4.79 Å². The van der Waals surface area contributed by atoms with E-state index in [0.29, 0.717) is 25.1 Å². The van der Waals surface area contributed by atoms with Crippen LogP contribution in [0.2, 0.25) is 0 Å². The topological polar surface area (TPSA) is 92.3 Å². The predicted octanol–water partition coefficient (Wildman–Crippen LogP) is 2.46. The van der Waals surface area contributed by atoms with E-state index < -0.39 is 0 Å². The molecule has 2 aromatic rings. The Kier molecular flexibility index (Phi) is 6.73. The number of ether oxygens (including phenoxy) is 2. The van der Waals surface area contributed by atoms with Crippen LogP contribution in [-0.4, -0.2) is 40.4 Å². The highest BCUT2D eigenvalue weighted by Crippen LogP contribution is 2.18. The van der Waals surface area contributed by atoms with Crippen molar-refractivity contribution in [3.05, 3.63) is 47.7 Å². The number of hydrogen-bond donors (Lipinski definition) is 1. The van der Waals surface area contributed by atoms with E-state index in [0.717, 1.165) is 42.7 Å². The monoisotopic (exact) mass is 370 g/mol. The zero-order chi connectivity index (χ0) is 19.1. The second kappa shape index (κ2) is 9.43. The normalized spacial score (nSPS) is 17.8. The van der Waals surface area contributed by atoms with E-state index in [4.69, 9.17) is 15.2 Å². The summed E-state index contributed by atoms with van der Waals surface area (Å²) in [5.74, 6) is -0.387. The van der Waals surface area contributed by atoms with Gasteiger partial charge in [0.15, 0.2) is 6.29 Å². The number of primary amides is 1. The van der Waals surface area contributed by atoms with Crippen LogP contribution in [0.25, 0.3) is 11.3 Å². The summed E-state index contributed by atoms with van der Waals surface area (Å²) < 4.78 is 13.1. The zero-order valence-corrected chi connectivity index (χ0v) is 15.6. The number of nitrogens with zero attached hydrogens (tertiary/aromatic N) is 3. The molecule has 7 heteroatoms. The maximum Gasteiger partial charge on any atom is 0.244 e. The molecule has 0 saturated carbocycles. The molecule has 0 bridgehead atoms. The molecular formula is C20H26N4O3. The van der Waals surface area contributed by atoms with Gasteiger partial charge in [-0.25, -0.2) is 4.68 Å². The molecule has 1 unspecified atom stereocenters. The van der Waals surface area contributed by atoms with Crippen LogP contribution in [-0.2, 0) is 27.2 Å². The third kappa shape index (κ3) is 5.74. The van der Waals surface area contributed by atoms with Crippen LogP contribution in [0.15, 0.2) is 42.1 Å². The van der Waals surface area contributed by atoms with Gasteiger partial charge in [0, 0.05) is 17.7 Å². The van der Waals surface area contributed by atoms with Gasteiger partial charge in [0.05, 0.1) is 19.3 Å². The Hall–Kier alpha value is -2.51. The van der Waals surface area contributed by atoms with Gasteiger partial charge in [-0.1, -0.05) is 35.6 Å². The van der Waals surface area contributed by atoms with Crippen molar-refractivity contribution in [2.75, 3.05) is 13.2 Å². The van der Waals surface area contributed by atoms with Crippen LogP contribution >= 0.6 is 0 Å². The molecule has 0 spiro atoms.